The summed E-state index contributed by atoms with van der Waals surface area (Å²) < 4.78 is 11.2. The molecule has 0 aromatic rings. The molecule has 0 rings (SSSR count). The van der Waals surface area contributed by atoms with Gasteiger partial charge in [-0.3, -0.25) is 0 Å². The second-order valence-electron chi connectivity index (χ2n) is 7.64. The average Bonchev–Trinajstić information content (AvgIpc) is 2.62. The summed E-state index contributed by atoms with van der Waals surface area (Å²) in [5, 5.41) is 10.0. The Balaban J connectivity index is 3.26. The maximum Gasteiger partial charge on any atom is 0.0900 e. The molecule has 0 aromatic heterocycles. The van der Waals surface area contributed by atoms with Crippen LogP contribution in [0, 0.1) is 0 Å². The number of likely N-dealkylation sites (N-methyl/N-ethyl adjacent to an activating group) is 1. The predicted octanol–water partition coefficient (Wildman–Crippen LogP) is 5.03. The zero-order valence-corrected chi connectivity index (χ0v) is 18.0. The molecule has 0 spiro atoms. The molecule has 0 bridgehead atoms. The second kappa shape index (κ2) is 21.1. The Labute approximate surface area is 163 Å². The lowest BCUT2D eigenvalue weighted by Crippen LogP contribution is -2.34. The molecule has 4 heteroatoms. The van der Waals surface area contributed by atoms with Gasteiger partial charge < -0.3 is 19.5 Å². The summed E-state index contributed by atoms with van der Waals surface area (Å²) in [4.78, 5) is 2.11. The van der Waals surface area contributed by atoms with Crippen LogP contribution in [0.4, 0.5) is 0 Å². The Morgan fingerprint density at radius 1 is 0.692 bits per heavy atom. The highest BCUT2D eigenvalue weighted by molar-refractivity contribution is 4.60. The van der Waals surface area contributed by atoms with E-state index in [1.807, 2.05) is 7.05 Å². The minimum atomic E-state index is -0.404. The molecule has 0 amide bonds. The summed E-state index contributed by atoms with van der Waals surface area (Å²) in [6.45, 7) is 8.74. The molecule has 0 fully saturated rings. The molecule has 0 saturated heterocycles. The molecule has 0 heterocycles. The monoisotopic (exact) mass is 373 g/mol. The Kier molecular flexibility index (Phi) is 21.0. The highest BCUT2D eigenvalue weighted by Gasteiger charge is 2.08. The van der Waals surface area contributed by atoms with Crippen LogP contribution < -0.4 is 0 Å². The van der Waals surface area contributed by atoms with Gasteiger partial charge in [0.2, 0.25) is 0 Å². The van der Waals surface area contributed by atoms with Gasteiger partial charge >= 0.3 is 0 Å². The predicted molar refractivity (Wildman–Crippen MR) is 112 cm³/mol. The highest BCUT2D eigenvalue weighted by atomic mass is 16.5. The molecule has 1 unspecified atom stereocenters. The van der Waals surface area contributed by atoms with Gasteiger partial charge in [0, 0.05) is 26.3 Å². The summed E-state index contributed by atoms with van der Waals surface area (Å²) >= 11 is 0. The van der Waals surface area contributed by atoms with Gasteiger partial charge in [-0.15, -0.1) is 0 Å². The van der Waals surface area contributed by atoms with Crippen LogP contribution in [0.5, 0.6) is 0 Å². The summed E-state index contributed by atoms with van der Waals surface area (Å²) in [5.41, 5.74) is 0. The topological polar surface area (TPSA) is 41.9 Å². The van der Waals surface area contributed by atoms with E-state index in [1.165, 1.54) is 64.2 Å². The fourth-order valence-electron chi connectivity index (χ4n) is 2.98. The summed E-state index contributed by atoms with van der Waals surface area (Å²) in [6, 6.07) is 0. The van der Waals surface area contributed by atoms with Crippen LogP contribution in [-0.4, -0.2) is 62.7 Å². The third kappa shape index (κ3) is 20.2. The smallest absolute Gasteiger partial charge is 0.0900 e. The molecule has 0 aromatic carbocycles. The van der Waals surface area contributed by atoms with Crippen molar-refractivity contribution in [2.24, 2.45) is 0 Å². The van der Waals surface area contributed by atoms with Crippen molar-refractivity contribution in [1.82, 2.24) is 4.90 Å². The zero-order valence-electron chi connectivity index (χ0n) is 18.0. The van der Waals surface area contributed by atoms with E-state index in [9.17, 15) is 5.11 Å². The number of aliphatic hydroxyl groups is 1. The summed E-state index contributed by atoms with van der Waals surface area (Å²) in [5.74, 6) is 0. The average molecular weight is 374 g/mol. The van der Waals surface area contributed by atoms with Crippen LogP contribution in [0.2, 0.25) is 0 Å². The molecule has 1 N–H and O–H groups in total. The first-order valence-electron chi connectivity index (χ1n) is 11.2. The van der Waals surface area contributed by atoms with E-state index in [2.05, 4.69) is 18.7 Å². The highest BCUT2D eigenvalue weighted by Crippen LogP contribution is 2.10. The van der Waals surface area contributed by atoms with Crippen molar-refractivity contribution in [2.45, 2.75) is 97.0 Å². The van der Waals surface area contributed by atoms with Crippen LogP contribution in [0.15, 0.2) is 0 Å². The van der Waals surface area contributed by atoms with Crippen LogP contribution in [0.1, 0.15) is 90.9 Å². The minimum Gasteiger partial charge on any atom is -0.389 e. The van der Waals surface area contributed by atoms with Crippen molar-refractivity contribution in [3.8, 4) is 0 Å². The van der Waals surface area contributed by atoms with E-state index >= 15 is 0 Å². The minimum absolute atomic E-state index is 0.404. The normalized spacial score (nSPS) is 12.8. The SMILES string of the molecule is CCCCCCCCCCCCOCC(O)CN(C)CCOCCCC. The van der Waals surface area contributed by atoms with Crippen molar-refractivity contribution < 1.29 is 14.6 Å². The lowest BCUT2D eigenvalue weighted by molar-refractivity contribution is 0.0144. The molecule has 0 aliphatic carbocycles. The van der Waals surface area contributed by atoms with Crippen molar-refractivity contribution in [3.05, 3.63) is 0 Å². The number of aliphatic hydroxyl groups excluding tert-OH is 1. The molecule has 0 aliphatic heterocycles. The van der Waals surface area contributed by atoms with Crippen molar-refractivity contribution in [1.29, 1.82) is 0 Å². The number of ether oxygens (including phenoxy) is 2. The van der Waals surface area contributed by atoms with E-state index < -0.39 is 6.10 Å². The van der Waals surface area contributed by atoms with Gasteiger partial charge in [-0.2, -0.15) is 0 Å². The second-order valence-corrected chi connectivity index (χ2v) is 7.64. The molecular weight excluding hydrogens is 326 g/mol. The van der Waals surface area contributed by atoms with E-state index in [0.717, 1.165) is 39.2 Å². The molecule has 1 atom stereocenters. The molecule has 0 aliphatic rings. The van der Waals surface area contributed by atoms with Gasteiger partial charge in [0.25, 0.3) is 0 Å². The number of unbranched alkanes of at least 4 members (excludes halogenated alkanes) is 10. The first-order chi connectivity index (χ1) is 12.7. The summed E-state index contributed by atoms with van der Waals surface area (Å²) in [7, 11) is 2.02. The zero-order chi connectivity index (χ0) is 19.3. The van der Waals surface area contributed by atoms with E-state index in [-0.39, 0.29) is 0 Å². The molecule has 0 saturated carbocycles. The Morgan fingerprint density at radius 3 is 1.85 bits per heavy atom. The van der Waals surface area contributed by atoms with Crippen molar-refractivity contribution in [2.75, 3.05) is 46.6 Å². The number of nitrogens with zero attached hydrogens (tertiary/aromatic N) is 1. The van der Waals surface area contributed by atoms with Gasteiger partial charge in [-0.25, -0.2) is 0 Å². The molecular formula is C22H47NO3. The van der Waals surface area contributed by atoms with Gasteiger partial charge in [-0.05, 0) is 19.9 Å². The van der Waals surface area contributed by atoms with Crippen molar-refractivity contribution >= 4 is 0 Å². The lowest BCUT2D eigenvalue weighted by Gasteiger charge is -2.20. The first-order valence-corrected chi connectivity index (χ1v) is 11.2. The Bertz CT molecular complexity index is 264. The largest absolute Gasteiger partial charge is 0.389 e. The van der Waals surface area contributed by atoms with E-state index in [1.54, 1.807) is 0 Å². The van der Waals surface area contributed by atoms with Crippen molar-refractivity contribution in [3.63, 3.8) is 0 Å². The first kappa shape index (κ1) is 25.8. The quantitative estimate of drug-likeness (QED) is 0.286. The van der Waals surface area contributed by atoms with Gasteiger partial charge in [0.15, 0.2) is 0 Å². The summed E-state index contributed by atoms with van der Waals surface area (Å²) in [6.07, 6.45) is 15.3. The van der Waals surface area contributed by atoms with Crippen LogP contribution >= 0.6 is 0 Å². The molecule has 26 heavy (non-hydrogen) atoms. The number of rotatable bonds is 21. The lowest BCUT2D eigenvalue weighted by atomic mass is 10.1. The third-order valence-electron chi connectivity index (χ3n) is 4.73. The molecule has 158 valence electrons. The van der Waals surface area contributed by atoms with Gasteiger partial charge in [-0.1, -0.05) is 78.1 Å². The maximum absolute atomic E-state index is 10.0. The van der Waals surface area contributed by atoms with Gasteiger partial charge in [0.05, 0.1) is 19.3 Å². The van der Waals surface area contributed by atoms with Crippen LogP contribution in [0.25, 0.3) is 0 Å². The molecule has 4 nitrogen and oxygen atoms in total. The standard InChI is InChI=1S/C22H47NO3/c1-4-6-8-9-10-11-12-13-14-15-18-26-21-22(24)20-23(3)16-19-25-17-7-5-2/h22,24H,4-21H2,1-3H3. The third-order valence-corrected chi connectivity index (χ3v) is 4.73. The van der Waals surface area contributed by atoms with E-state index in [0.29, 0.717) is 13.2 Å². The van der Waals surface area contributed by atoms with E-state index in [4.69, 9.17) is 9.47 Å². The Morgan fingerprint density at radius 2 is 1.23 bits per heavy atom. The maximum atomic E-state index is 10.0. The molecule has 0 radical (unpaired) electrons. The van der Waals surface area contributed by atoms with Crippen LogP contribution in [0.3, 0.4) is 0 Å². The van der Waals surface area contributed by atoms with Crippen LogP contribution in [-0.2, 0) is 9.47 Å². The number of hydrogen-bond acceptors (Lipinski definition) is 4. The number of hydrogen-bond donors (Lipinski definition) is 1. The fourth-order valence-corrected chi connectivity index (χ4v) is 2.98. The fraction of sp³-hybridized carbons (Fsp3) is 1.00. The Hall–Kier alpha value is -0.160. The van der Waals surface area contributed by atoms with Gasteiger partial charge in [0.1, 0.15) is 0 Å².